The van der Waals surface area contributed by atoms with Crippen LogP contribution in [0.3, 0.4) is 0 Å². The van der Waals surface area contributed by atoms with Crippen LogP contribution in [0.5, 0.6) is 0 Å². The minimum absolute atomic E-state index is 0.0664. The number of nitrogens with zero attached hydrogens (tertiary/aromatic N) is 2. The second-order valence-electron chi connectivity index (χ2n) is 8.26. The second kappa shape index (κ2) is 7.48. The highest BCUT2D eigenvalue weighted by atomic mass is 32.2. The Morgan fingerprint density at radius 2 is 1.82 bits per heavy atom. The molecule has 1 atom stereocenters. The summed E-state index contributed by atoms with van der Waals surface area (Å²) in [5, 5.41) is 3.05. The molecule has 154 valence electrons. The summed E-state index contributed by atoms with van der Waals surface area (Å²) in [6, 6.07) is 5.69. The van der Waals surface area contributed by atoms with Crippen molar-refractivity contribution in [3.63, 3.8) is 0 Å². The van der Waals surface area contributed by atoms with Crippen LogP contribution in [0.25, 0.3) is 0 Å². The number of aryl methyl sites for hydroxylation is 2. The molecular formula is C20H29N3O4S. The van der Waals surface area contributed by atoms with Crippen molar-refractivity contribution < 1.29 is 18.0 Å². The Balaban J connectivity index is 2.02. The average molecular weight is 408 g/mol. The van der Waals surface area contributed by atoms with Gasteiger partial charge in [-0.25, -0.2) is 8.42 Å². The van der Waals surface area contributed by atoms with Gasteiger partial charge in [-0.05, 0) is 56.9 Å². The first-order chi connectivity index (χ1) is 13.0. The molecule has 1 saturated heterocycles. The third kappa shape index (κ3) is 3.93. The molecule has 2 amide bonds. The van der Waals surface area contributed by atoms with E-state index in [-0.39, 0.29) is 25.0 Å². The van der Waals surface area contributed by atoms with Gasteiger partial charge in [0.1, 0.15) is 5.54 Å². The van der Waals surface area contributed by atoms with Crippen molar-refractivity contribution >= 4 is 27.5 Å². The fourth-order valence-corrected chi connectivity index (χ4v) is 4.91. The lowest BCUT2D eigenvalue weighted by atomic mass is 9.93. The Hall–Kier alpha value is -1.93. The van der Waals surface area contributed by atoms with Gasteiger partial charge in [-0.1, -0.05) is 18.9 Å². The molecule has 7 nitrogen and oxygen atoms in total. The van der Waals surface area contributed by atoms with Crippen LogP contribution < -0.4 is 10.2 Å². The first-order valence-corrected chi connectivity index (χ1v) is 11.5. The number of carbonyl (C=O) groups is 2. The molecule has 0 unspecified atom stereocenters. The maximum atomic E-state index is 13.3. The van der Waals surface area contributed by atoms with E-state index in [0.29, 0.717) is 5.69 Å². The van der Waals surface area contributed by atoms with Gasteiger partial charge < -0.3 is 5.32 Å². The molecule has 2 fully saturated rings. The lowest BCUT2D eigenvalue weighted by Crippen LogP contribution is -2.70. The van der Waals surface area contributed by atoms with Gasteiger partial charge in [0.2, 0.25) is 21.8 Å². The average Bonchev–Trinajstić information content (AvgIpc) is 3.09. The summed E-state index contributed by atoms with van der Waals surface area (Å²) >= 11 is 0. The zero-order valence-corrected chi connectivity index (χ0v) is 17.8. The number of sulfonamides is 1. The number of piperazine rings is 1. The Labute approximate surface area is 167 Å². The highest BCUT2D eigenvalue weighted by molar-refractivity contribution is 7.88. The summed E-state index contributed by atoms with van der Waals surface area (Å²) < 4.78 is 25.4. The molecule has 1 saturated carbocycles. The number of anilines is 1. The Morgan fingerprint density at radius 1 is 1.18 bits per heavy atom. The highest BCUT2D eigenvalue weighted by Gasteiger charge is 2.50. The first-order valence-electron chi connectivity index (χ1n) is 9.69. The van der Waals surface area contributed by atoms with E-state index in [1.165, 1.54) is 4.90 Å². The molecule has 8 heteroatoms. The van der Waals surface area contributed by atoms with Crippen molar-refractivity contribution in [1.29, 1.82) is 0 Å². The summed E-state index contributed by atoms with van der Waals surface area (Å²) in [4.78, 5) is 27.8. The van der Waals surface area contributed by atoms with E-state index in [4.69, 9.17) is 0 Å². The van der Waals surface area contributed by atoms with E-state index < -0.39 is 21.5 Å². The van der Waals surface area contributed by atoms with Crippen molar-refractivity contribution in [1.82, 2.24) is 9.62 Å². The molecule has 1 aromatic rings. The molecule has 3 rings (SSSR count). The minimum Gasteiger partial charge on any atom is -0.351 e. The largest absolute Gasteiger partial charge is 0.351 e. The fourth-order valence-electron chi connectivity index (χ4n) is 4.08. The van der Waals surface area contributed by atoms with Gasteiger partial charge in [0.05, 0.1) is 12.8 Å². The highest BCUT2D eigenvalue weighted by Crippen LogP contribution is 2.32. The van der Waals surface area contributed by atoms with Crippen LogP contribution >= 0.6 is 0 Å². The smallest absolute Gasteiger partial charge is 0.247 e. The zero-order valence-electron chi connectivity index (χ0n) is 17.0. The number of benzene rings is 1. The van der Waals surface area contributed by atoms with E-state index in [1.807, 2.05) is 32.0 Å². The van der Waals surface area contributed by atoms with Gasteiger partial charge in [-0.3, -0.25) is 14.5 Å². The number of hydrogen-bond acceptors (Lipinski definition) is 4. The molecule has 1 heterocycles. The predicted octanol–water partition coefficient (Wildman–Crippen LogP) is 1.73. The molecule has 2 aliphatic rings. The normalized spacial score (nSPS) is 24.6. The van der Waals surface area contributed by atoms with Crippen LogP contribution in [0.15, 0.2) is 18.2 Å². The van der Waals surface area contributed by atoms with E-state index in [1.54, 1.807) is 6.92 Å². The SMILES string of the molecule is Cc1ccc(N2C(=O)CN(S(C)(=O)=O)C[C@]2(C)C(=O)NC2CCCC2)cc1C. The molecule has 1 aliphatic carbocycles. The number of carbonyl (C=O) groups excluding carboxylic acids is 2. The van der Waals surface area contributed by atoms with E-state index in [2.05, 4.69) is 5.32 Å². The zero-order chi connectivity index (χ0) is 20.7. The van der Waals surface area contributed by atoms with Gasteiger partial charge in [0.15, 0.2) is 0 Å². The summed E-state index contributed by atoms with van der Waals surface area (Å²) in [7, 11) is -3.61. The van der Waals surface area contributed by atoms with Gasteiger partial charge in [0, 0.05) is 18.3 Å². The van der Waals surface area contributed by atoms with Crippen molar-refractivity contribution in [3.05, 3.63) is 29.3 Å². The van der Waals surface area contributed by atoms with Gasteiger partial charge in [-0.15, -0.1) is 0 Å². The number of hydrogen-bond donors (Lipinski definition) is 1. The van der Waals surface area contributed by atoms with Gasteiger partial charge >= 0.3 is 0 Å². The summed E-state index contributed by atoms with van der Waals surface area (Å²) in [5.74, 6) is -0.705. The first kappa shape index (κ1) is 20.8. The standard InChI is InChI=1S/C20H29N3O4S/c1-14-9-10-17(11-15(14)2)23-18(24)12-22(28(4,26)27)13-20(23,3)19(25)21-16-7-5-6-8-16/h9-11,16H,5-8,12-13H2,1-4H3,(H,21,25)/t20-/m1/s1. The van der Waals surface area contributed by atoms with Crippen molar-refractivity contribution in [3.8, 4) is 0 Å². The Bertz CT molecular complexity index is 893. The van der Waals surface area contributed by atoms with Crippen molar-refractivity contribution in [2.45, 2.75) is 58.0 Å². The fraction of sp³-hybridized carbons (Fsp3) is 0.600. The molecule has 0 bridgehead atoms. The summed E-state index contributed by atoms with van der Waals surface area (Å²) in [5.41, 5.74) is 1.39. The number of nitrogens with one attached hydrogen (secondary N) is 1. The predicted molar refractivity (Wildman–Crippen MR) is 109 cm³/mol. The lowest BCUT2D eigenvalue weighted by Gasteiger charge is -2.47. The van der Waals surface area contributed by atoms with Gasteiger partial charge in [0.25, 0.3) is 0 Å². The molecule has 1 aliphatic heterocycles. The van der Waals surface area contributed by atoms with Crippen LogP contribution in [0.2, 0.25) is 0 Å². The molecule has 0 radical (unpaired) electrons. The summed E-state index contributed by atoms with van der Waals surface area (Å²) in [6.07, 6.45) is 5.03. The monoisotopic (exact) mass is 407 g/mol. The quantitative estimate of drug-likeness (QED) is 0.824. The van der Waals surface area contributed by atoms with E-state index in [0.717, 1.165) is 47.4 Å². The van der Waals surface area contributed by atoms with E-state index in [9.17, 15) is 18.0 Å². The van der Waals surface area contributed by atoms with Gasteiger partial charge in [-0.2, -0.15) is 4.31 Å². The van der Waals surface area contributed by atoms with Crippen LogP contribution in [0.1, 0.15) is 43.7 Å². The minimum atomic E-state index is -3.61. The van der Waals surface area contributed by atoms with Crippen molar-refractivity contribution in [2.75, 3.05) is 24.2 Å². The van der Waals surface area contributed by atoms with Crippen LogP contribution in [0, 0.1) is 13.8 Å². The lowest BCUT2D eigenvalue weighted by molar-refractivity contribution is -0.133. The number of amides is 2. The molecular weight excluding hydrogens is 378 g/mol. The number of rotatable bonds is 4. The molecule has 1 N–H and O–H groups in total. The maximum absolute atomic E-state index is 13.3. The van der Waals surface area contributed by atoms with E-state index >= 15 is 0 Å². The molecule has 1 aromatic carbocycles. The van der Waals surface area contributed by atoms with Crippen LogP contribution in [0.4, 0.5) is 5.69 Å². The third-order valence-electron chi connectivity index (χ3n) is 5.94. The van der Waals surface area contributed by atoms with Crippen LogP contribution in [-0.2, 0) is 19.6 Å². The third-order valence-corrected chi connectivity index (χ3v) is 7.13. The summed E-state index contributed by atoms with van der Waals surface area (Å²) in [6.45, 7) is 5.25. The maximum Gasteiger partial charge on any atom is 0.247 e. The molecule has 0 spiro atoms. The second-order valence-corrected chi connectivity index (χ2v) is 10.2. The van der Waals surface area contributed by atoms with Crippen LogP contribution in [-0.4, -0.2) is 55.5 Å². The topological polar surface area (TPSA) is 86.8 Å². The van der Waals surface area contributed by atoms with Crippen molar-refractivity contribution in [2.24, 2.45) is 0 Å². The molecule has 28 heavy (non-hydrogen) atoms. The molecule has 0 aromatic heterocycles. The Kier molecular flexibility index (Phi) is 5.55. The Morgan fingerprint density at radius 3 is 2.39 bits per heavy atom.